The molecule has 1 aliphatic heterocycles. The summed E-state index contributed by atoms with van der Waals surface area (Å²) in [4.78, 5) is 26.7. The number of nitrogens with zero attached hydrogens (tertiary/aromatic N) is 2. The van der Waals surface area contributed by atoms with E-state index in [-0.39, 0.29) is 17.8 Å². The second kappa shape index (κ2) is 7.34. The van der Waals surface area contributed by atoms with Gasteiger partial charge in [-0.2, -0.15) is 0 Å². The molecule has 1 fully saturated rings. The average Bonchev–Trinajstić information content (AvgIpc) is 3.21. The Morgan fingerprint density at radius 3 is 2.93 bits per heavy atom. The van der Waals surface area contributed by atoms with Crippen LogP contribution >= 0.6 is 0 Å². The van der Waals surface area contributed by atoms with Crippen molar-refractivity contribution >= 4 is 22.8 Å². The van der Waals surface area contributed by atoms with Gasteiger partial charge in [0.2, 0.25) is 0 Å². The van der Waals surface area contributed by atoms with Crippen LogP contribution in [0, 0.1) is 0 Å². The molecule has 1 aromatic carbocycles. The van der Waals surface area contributed by atoms with Gasteiger partial charge in [-0.05, 0) is 44.0 Å². The minimum atomic E-state index is -0.388. The van der Waals surface area contributed by atoms with Gasteiger partial charge in [-0.15, -0.1) is 0 Å². The normalized spacial score (nSPS) is 17.8. The molecule has 0 bridgehead atoms. The molecular weight excluding hydrogens is 346 g/mol. The number of anilines is 1. The van der Waals surface area contributed by atoms with Gasteiger partial charge in [0.05, 0.1) is 17.8 Å². The molecule has 2 amide bonds. The minimum Gasteiger partial charge on any atom is -0.467 e. The molecule has 27 heavy (non-hydrogen) atoms. The van der Waals surface area contributed by atoms with E-state index in [0.717, 1.165) is 37.0 Å². The van der Waals surface area contributed by atoms with E-state index >= 15 is 0 Å². The van der Waals surface area contributed by atoms with E-state index in [4.69, 9.17) is 8.83 Å². The molecule has 142 valence electrons. The summed E-state index contributed by atoms with van der Waals surface area (Å²) < 4.78 is 12.4. The van der Waals surface area contributed by atoms with Crippen LogP contribution in [-0.4, -0.2) is 22.0 Å². The Morgan fingerprint density at radius 1 is 1.26 bits per heavy atom. The van der Waals surface area contributed by atoms with E-state index < -0.39 is 0 Å². The van der Waals surface area contributed by atoms with E-state index in [0.29, 0.717) is 24.4 Å². The summed E-state index contributed by atoms with van der Waals surface area (Å²) in [6.07, 6.45) is 5.66. The number of furan rings is 1. The maximum atomic E-state index is 13.0. The van der Waals surface area contributed by atoms with Crippen LogP contribution in [-0.2, 0) is 6.54 Å². The Labute approximate surface area is 156 Å². The molecule has 7 heteroatoms. The van der Waals surface area contributed by atoms with Gasteiger partial charge in [0, 0.05) is 24.8 Å². The Balaban J connectivity index is 1.58. The van der Waals surface area contributed by atoms with Crippen molar-refractivity contribution in [2.75, 3.05) is 11.9 Å². The molecule has 1 aliphatic rings. The summed E-state index contributed by atoms with van der Waals surface area (Å²) in [5.74, 6) is 0.426. The Hall–Kier alpha value is -2.96. The van der Waals surface area contributed by atoms with E-state index in [2.05, 4.69) is 5.32 Å². The van der Waals surface area contributed by atoms with Crippen LogP contribution in [0.3, 0.4) is 0 Å². The molecule has 4 rings (SSSR count). The number of benzene rings is 1. The number of carbonyl (C=O) groups is 1. The van der Waals surface area contributed by atoms with Gasteiger partial charge in [-0.25, -0.2) is 9.59 Å². The Morgan fingerprint density at radius 2 is 2.15 bits per heavy atom. The van der Waals surface area contributed by atoms with Gasteiger partial charge < -0.3 is 19.1 Å². The lowest BCUT2D eigenvalue weighted by molar-refractivity contribution is 0.179. The largest absolute Gasteiger partial charge is 0.467 e. The molecule has 0 radical (unpaired) electrons. The van der Waals surface area contributed by atoms with Gasteiger partial charge in [0.15, 0.2) is 5.58 Å². The third kappa shape index (κ3) is 3.37. The molecule has 1 atom stereocenters. The smallest absolute Gasteiger partial charge is 0.419 e. The second-order valence-electron chi connectivity index (χ2n) is 6.80. The third-order valence-corrected chi connectivity index (χ3v) is 5.12. The highest BCUT2D eigenvalue weighted by atomic mass is 16.4. The van der Waals surface area contributed by atoms with Crippen molar-refractivity contribution in [3.8, 4) is 0 Å². The zero-order valence-electron chi connectivity index (χ0n) is 15.3. The predicted octanol–water partition coefficient (Wildman–Crippen LogP) is 4.36. The van der Waals surface area contributed by atoms with E-state index in [1.165, 1.54) is 0 Å². The average molecular weight is 369 g/mol. The van der Waals surface area contributed by atoms with Crippen LogP contribution in [0.25, 0.3) is 11.1 Å². The van der Waals surface area contributed by atoms with Crippen LogP contribution in [0.5, 0.6) is 0 Å². The van der Waals surface area contributed by atoms with Crippen LogP contribution in [0.15, 0.2) is 50.2 Å². The molecule has 1 unspecified atom stereocenters. The number of carbonyl (C=O) groups excluding carboxylic acids is 1. The number of hydrogen-bond donors (Lipinski definition) is 1. The number of amides is 2. The van der Waals surface area contributed by atoms with Crippen molar-refractivity contribution in [3.63, 3.8) is 0 Å². The lowest BCUT2D eigenvalue weighted by Gasteiger charge is -2.28. The topological polar surface area (TPSA) is 80.6 Å². The van der Waals surface area contributed by atoms with Crippen LogP contribution in [0.4, 0.5) is 10.5 Å². The number of fused-ring (bicyclic) bond motifs is 1. The first-order valence-electron chi connectivity index (χ1n) is 9.42. The molecule has 0 aliphatic carbocycles. The maximum absolute atomic E-state index is 13.0. The number of aromatic nitrogens is 1. The van der Waals surface area contributed by atoms with Crippen molar-refractivity contribution in [1.29, 1.82) is 0 Å². The quantitative estimate of drug-likeness (QED) is 0.744. The van der Waals surface area contributed by atoms with Crippen molar-refractivity contribution in [3.05, 3.63) is 52.9 Å². The first-order chi connectivity index (χ1) is 13.2. The summed E-state index contributed by atoms with van der Waals surface area (Å²) in [5, 5.41) is 2.94. The number of oxazole rings is 1. The van der Waals surface area contributed by atoms with Crippen molar-refractivity contribution in [1.82, 2.24) is 9.47 Å². The standard InChI is InChI=1S/C20H23N3O4/c1-2-22-16-10-9-14(13-18(16)27-20(22)25)21-19(24)23-11-5-3-4-7-15(23)17-8-6-12-26-17/h6,8-10,12-13,15H,2-5,7,11H2,1H3,(H,21,24). The van der Waals surface area contributed by atoms with Crippen molar-refractivity contribution in [2.24, 2.45) is 0 Å². The fourth-order valence-corrected chi connectivity index (χ4v) is 3.77. The Kier molecular flexibility index (Phi) is 4.75. The first kappa shape index (κ1) is 17.5. The number of likely N-dealkylation sites (tertiary alicyclic amines) is 1. The SMILES string of the molecule is CCn1c(=O)oc2cc(NC(=O)N3CCCCCC3c3ccco3)ccc21. The fraction of sp³-hybridized carbons (Fsp3) is 0.400. The molecular formula is C20H23N3O4. The minimum absolute atomic E-state index is 0.0645. The van der Waals surface area contributed by atoms with E-state index in [9.17, 15) is 9.59 Å². The van der Waals surface area contributed by atoms with Gasteiger partial charge >= 0.3 is 11.8 Å². The lowest BCUT2D eigenvalue weighted by atomic mass is 10.1. The summed E-state index contributed by atoms with van der Waals surface area (Å²) >= 11 is 0. The maximum Gasteiger partial charge on any atom is 0.419 e. The highest BCUT2D eigenvalue weighted by molar-refractivity contribution is 5.91. The molecule has 0 saturated carbocycles. The summed E-state index contributed by atoms with van der Waals surface area (Å²) in [7, 11) is 0. The molecule has 0 spiro atoms. The van der Waals surface area contributed by atoms with Gasteiger partial charge in [-0.1, -0.05) is 12.8 Å². The zero-order chi connectivity index (χ0) is 18.8. The number of urea groups is 1. The number of nitrogens with one attached hydrogen (secondary N) is 1. The molecule has 1 saturated heterocycles. The highest BCUT2D eigenvalue weighted by Gasteiger charge is 2.28. The zero-order valence-corrected chi connectivity index (χ0v) is 15.3. The van der Waals surface area contributed by atoms with Crippen molar-refractivity contribution in [2.45, 2.75) is 45.2 Å². The summed E-state index contributed by atoms with van der Waals surface area (Å²) in [6, 6.07) is 8.82. The highest BCUT2D eigenvalue weighted by Crippen LogP contribution is 2.31. The second-order valence-corrected chi connectivity index (χ2v) is 6.80. The monoisotopic (exact) mass is 369 g/mol. The molecule has 2 aromatic heterocycles. The van der Waals surface area contributed by atoms with E-state index in [1.54, 1.807) is 29.0 Å². The van der Waals surface area contributed by atoms with Crippen LogP contribution in [0.1, 0.15) is 44.4 Å². The summed E-state index contributed by atoms with van der Waals surface area (Å²) in [5.41, 5.74) is 1.80. The van der Waals surface area contributed by atoms with Crippen molar-refractivity contribution < 1.29 is 13.6 Å². The predicted molar refractivity (Wildman–Crippen MR) is 102 cm³/mol. The van der Waals surface area contributed by atoms with Gasteiger partial charge in [0.1, 0.15) is 5.76 Å². The number of rotatable bonds is 3. The molecule has 3 heterocycles. The number of aryl methyl sites for hydroxylation is 1. The lowest BCUT2D eigenvalue weighted by Crippen LogP contribution is -2.37. The Bertz CT molecular complexity index is 986. The molecule has 1 N–H and O–H groups in total. The molecule has 7 nitrogen and oxygen atoms in total. The van der Waals surface area contributed by atoms with Crippen LogP contribution in [0.2, 0.25) is 0 Å². The fourth-order valence-electron chi connectivity index (χ4n) is 3.77. The van der Waals surface area contributed by atoms with Gasteiger partial charge in [0.25, 0.3) is 0 Å². The summed E-state index contributed by atoms with van der Waals surface area (Å²) in [6.45, 7) is 3.11. The first-order valence-corrected chi connectivity index (χ1v) is 9.42. The molecule has 3 aromatic rings. The third-order valence-electron chi connectivity index (χ3n) is 5.12. The number of hydrogen-bond acceptors (Lipinski definition) is 4. The van der Waals surface area contributed by atoms with E-state index in [1.807, 2.05) is 24.0 Å². The van der Waals surface area contributed by atoms with Gasteiger partial charge in [-0.3, -0.25) is 4.57 Å². The van der Waals surface area contributed by atoms with Crippen LogP contribution < -0.4 is 11.1 Å².